The Hall–Kier alpha value is -4.78. The maximum atomic E-state index is 14.3. The van der Waals surface area contributed by atoms with Crippen LogP contribution in [0.15, 0.2) is 59.5 Å². The Bertz CT molecular complexity index is 2030. The van der Waals surface area contributed by atoms with E-state index in [-0.39, 0.29) is 53.6 Å². The second kappa shape index (κ2) is 12.9. The molecule has 7 rings (SSSR count). The molecule has 1 N–H and O–H groups in total. The number of carbonyl (C=O) groups excluding carboxylic acids is 4. The van der Waals surface area contributed by atoms with Gasteiger partial charge >= 0.3 is 0 Å². The molecular formula is C36H37BrN8O4. The largest absolute Gasteiger partial charge is 0.345 e. The Kier molecular flexibility index (Phi) is 8.64. The van der Waals surface area contributed by atoms with Crippen molar-refractivity contribution in [1.82, 2.24) is 34.5 Å². The normalized spacial score (nSPS) is 23.2. The number of nitrogens with one attached hydrogen (secondary N) is 1. The molecule has 5 heterocycles. The van der Waals surface area contributed by atoms with Crippen LogP contribution in [-0.4, -0.2) is 83.7 Å². The second-order valence-corrected chi connectivity index (χ2v) is 14.1. The van der Waals surface area contributed by atoms with Crippen molar-refractivity contribution in [2.75, 3.05) is 18.9 Å². The molecule has 0 radical (unpaired) electrons. The van der Waals surface area contributed by atoms with Crippen molar-refractivity contribution in [2.24, 2.45) is 5.41 Å². The van der Waals surface area contributed by atoms with Crippen LogP contribution in [0.2, 0.25) is 0 Å². The lowest BCUT2D eigenvalue weighted by Gasteiger charge is -2.27. The number of likely N-dealkylation sites (N-methyl/N-ethyl adjacent to an activating group) is 1. The summed E-state index contributed by atoms with van der Waals surface area (Å²) >= 11 is 3.40. The molecule has 4 aromatic rings. The topological polar surface area (TPSA) is 143 Å². The van der Waals surface area contributed by atoms with Crippen LogP contribution in [0.4, 0.5) is 5.82 Å². The summed E-state index contributed by atoms with van der Waals surface area (Å²) in [6, 6.07) is 8.27. The molecule has 3 amide bonds. The predicted octanol–water partition coefficient (Wildman–Crippen LogP) is 4.90. The third kappa shape index (κ3) is 6.39. The van der Waals surface area contributed by atoms with Crippen molar-refractivity contribution < 1.29 is 19.2 Å². The van der Waals surface area contributed by atoms with E-state index in [0.717, 1.165) is 36.8 Å². The van der Waals surface area contributed by atoms with Gasteiger partial charge < -0.3 is 15.1 Å². The Balaban J connectivity index is 1.21. The van der Waals surface area contributed by atoms with E-state index >= 15 is 0 Å². The Morgan fingerprint density at radius 2 is 1.86 bits per heavy atom. The minimum Gasteiger partial charge on any atom is -0.345 e. The highest BCUT2D eigenvalue weighted by Crippen LogP contribution is 2.61. The molecule has 1 saturated carbocycles. The molecule has 1 aliphatic carbocycles. The minimum atomic E-state index is -0.752. The Labute approximate surface area is 292 Å². The van der Waals surface area contributed by atoms with Crippen molar-refractivity contribution in [1.29, 1.82) is 0 Å². The van der Waals surface area contributed by atoms with E-state index in [1.54, 1.807) is 46.1 Å². The average molecular weight is 726 g/mol. The van der Waals surface area contributed by atoms with Gasteiger partial charge in [-0.15, -0.1) is 0 Å². The van der Waals surface area contributed by atoms with Gasteiger partial charge in [0.2, 0.25) is 17.7 Å². The molecule has 12 nitrogen and oxygen atoms in total. The van der Waals surface area contributed by atoms with Crippen LogP contribution in [0.25, 0.3) is 22.0 Å². The number of nitrogens with zero attached hydrogens (tertiary/aromatic N) is 7. The molecule has 2 aliphatic heterocycles. The maximum Gasteiger partial charge on any atom is 0.248 e. The van der Waals surface area contributed by atoms with E-state index in [1.165, 1.54) is 6.92 Å². The van der Waals surface area contributed by atoms with Gasteiger partial charge in [-0.05, 0) is 78.7 Å². The van der Waals surface area contributed by atoms with Crippen molar-refractivity contribution in [3.8, 4) is 11.1 Å². The molecule has 1 saturated heterocycles. The standard InChI is InChI=1S/C36H37BrN8O4/c1-21(46)33-26-14-23(25-18-38-22(2)39-19-25)8-10-27(26)44(42-33)20-32(48)45-28-16-36(17-29(36)45)12-6-4-5-7-13-43(3)31(47)15-24-9-11-30(37)40-34(24)41-35(28)49/h6,8-12,14,18-19,28-29H,4-5,7,13,15-17,20H2,1-3H3,(H,40,41,49)/b12-6+/t28-,29+,36-/m0/s1. The van der Waals surface area contributed by atoms with E-state index in [0.29, 0.717) is 45.7 Å². The highest BCUT2D eigenvalue weighted by Gasteiger charge is 2.65. The van der Waals surface area contributed by atoms with Gasteiger partial charge in [0.05, 0.1) is 11.9 Å². The zero-order chi connectivity index (χ0) is 34.4. The number of benzene rings is 1. The number of anilines is 1. The van der Waals surface area contributed by atoms with Gasteiger partial charge in [-0.2, -0.15) is 5.10 Å². The summed E-state index contributed by atoms with van der Waals surface area (Å²) in [4.78, 5) is 70.6. The number of piperidine rings is 1. The van der Waals surface area contributed by atoms with E-state index in [4.69, 9.17) is 0 Å². The smallest absolute Gasteiger partial charge is 0.248 e. The number of amides is 3. The molecule has 1 spiro atoms. The SMILES string of the molecule is CC(=O)c1nn(CC(=O)N2[C@H]3C[C@@]4(/C=C/CCCCN(C)C(=O)Cc5ccc(Br)nc5NC3=O)C[C@@H]24)c2ccc(-c3cnc(C)nc3)cc12. The zero-order valence-electron chi connectivity index (χ0n) is 27.6. The molecule has 3 atom stereocenters. The Morgan fingerprint density at radius 3 is 2.63 bits per heavy atom. The fourth-order valence-electron chi connectivity index (χ4n) is 7.14. The minimum absolute atomic E-state index is 0.0594. The number of allylic oxidation sites excluding steroid dienone is 1. The fraction of sp³-hybridized carbons (Fsp3) is 0.389. The first-order valence-corrected chi connectivity index (χ1v) is 17.3. The van der Waals surface area contributed by atoms with Crippen molar-refractivity contribution in [3.05, 3.63) is 76.6 Å². The number of ketones is 1. The number of halogens is 1. The summed E-state index contributed by atoms with van der Waals surface area (Å²) in [5.41, 5.74) is 2.86. The molecule has 2 bridgehead atoms. The summed E-state index contributed by atoms with van der Waals surface area (Å²) in [6.45, 7) is 3.78. The van der Waals surface area contributed by atoms with Crippen LogP contribution in [-0.2, 0) is 27.3 Å². The lowest BCUT2D eigenvalue weighted by molar-refractivity contribution is -0.138. The van der Waals surface area contributed by atoms with Crippen LogP contribution < -0.4 is 5.32 Å². The number of Topliss-reactive ketones (excluding diaryl/α,β-unsaturated/α-hetero) is 1. The molecule has 1 aromatic carbocycles. The highest BCUT2D eigenvalue weighted by molar-refractivity contribution is 9.10. The van der Waals surface area contributed by atoms with E-state index < -0.39 is 6.04 Å². The fourth-order valence-corrected chi connectivity index (χ4v) is 7.45. The number of pyridine rings is 1. The number of fused-ring (bicyclic) bond motifs is 3. The lowest BCUT2D eigenvalue weighted by Crippen LogP contribution is -2.47. The van der Waals surface area contributed by atoms with Crippen LogP contribution in [0.1, 0.15) is 60.9 Å². The summed E-state index contributed by atoms with van der Waals surface area (Å²) in [5, 5.41) is 8.19. The summed E-state index contributed by atoms with van der Waals surface area (Å²) < 4.78 is 2.08. The molecular weight excluding hydrogens is 688 g/mol. The van der Waals surface area contributed by atoms with E-state index in [9.17, 15) is 19.2 Å². The maximum absolute atomic E-state index is 14.3. The number of hydrogen-bond donors (Lipinski definition) is 1. The van der Waals surface area contributed by atoms with Gasteiger partial charge in [0.15, 0.2) is 5.78 Å². The van der Waals surface area contributed by atoms with Gasteiger partial charge in [-0.3, -0.25) is 23.9 Å². The van der Waals surface area contributed by atoms with Crippen LogP contribution in [0, 0.1) is 12.3 Å². The molecule has 13 heteroatoms. The summed E-state index contributed by atoms with van der Waals surface area (Å²) in [6.07, 6.45) is 11.8. The molecule has 3 aromatic heterocycles. The first kappa shape index (κ1) is 32.8. The van der Waals surface area contributed by atoms with Crippen molar-refractivity contribution in [3.63, 3.8) is 0 Å². The number of aryl methyl sites for hydroxylation is 1. The van der Waals surface area contributed by atoms with Crippen molar-refractivity contribution in [2.45, 2.75) is 71.0 Å². The van der Waals surface area contributed by atoms with Gasteiger partial charge in [0, 0.05) is 60.9 Å². The lowest BCUT2D eigenvalue weighted by atomic mass is 9.97. The molecule has 49 heavy (non-hydrogen) atoms. The highest BCUT2D eigenvalue weighted by atomic mass is 79.9. The van der Waals surface area contributed by atoms with Gasteiger partial charge in [0.1, 0.15) is 34.5 Å². The van der Waals surface area contributed by atoms with Gasteiger partial charge in [-0.1, -0.05) is 24.3 Å². The van der Waals surface area contributed by atoms with E-state index in [1.807, 2.05) is 25.1 Å². The third-order valence-electron chi connectivity index (χ3n) is 9.91. The number of likely N-dealkylation sites (tertiary alicyclic amines) is 1. The van der Waals surface area contributed by atoms with Crippen LogP contribution >= 0.6 is 15.9 Å². The summed E-state index contributed by atoms with van der Waals surface area (Å²) in [5.74, 6) is 0.0636. The average Bonchev–Trinajstić information content (AvgIpc) is 3.49. The first-order chi connectivity index (χ1) is 23.5. The second-order valence-electron chi connectivity index (χ2n) is 13.3. The molecule has 0 unspecified atom stereocenters. The molecule has 3 aliphatic rings. The molecule has 2 fully saturated rings. The van der Waals surface area contributed by atoms with Crippen molar-refractivity contribution >= 4 is 56.2 Å². The number of aromatic nitrogens is 5. The van der Waals surface area contributed by atoms with Gasteiger partial charge in [-0.25, -0.2) is 15.0 Å². The van der Waals surface area contributed by atoms with Crippen LogP contribution in [0.5, 0.6) is 0 Å². The van der Waals surface area contributed by atoms with Gasteiger partial charge in [0.25, 0.3) is 0 Å². The molecule has 252 valence electrons. The quantitative estimate of drug-likeness (QED) is 0.178. The number of hydrogen-bond acceptors (Lipinski definition) is 8. The summed E-state index contributed by atoms with van der Waals surface area (Å²) in [7, 11) is 1.80. The Morgan fingerprint density at radius 1 is 1.06 bits per heavy atom. The number of carbonyl (C=O) groups is 4. The number of rotatable bonds is 4. The first-order valence-electron chi connectivity index (χ1n) is 16.5. The third-order valence-corrected chi connectivity index (χ3v) is 10.4. The zero-order valence-corrected chi connectivity index (χ0v) is 29.2. The monoisotopic (exact) mass is 724 g/mol. The van der Waals surface area contributed by atoms with Crippen LogP contribution in [0.3, 0.4) is 0 Å². The van der Waals surface area contributed by atoms with E-state index in [2.05, 4.69) is 53.4 Å². The predicted molar refractivity (Wildman–Crippen MR) is 186 cm³/mol.